The van der Waals surface area contributed by atoms with Gasteiger partial charge in [0.05, 0.1) is 0 Å². The van der Waals surface area contributed by atoms with Gasteiger partial charge in [-0.25, -0.2) is 9.97 Å². The Balaban J connectivity index is 2.43. The van der Waals surface area contributed by atoms with Gasteiger partial charge in [-0.2, -0.15) is 0 Å². The number of rotatable bonds is 2. The lowest BCUT2D eigenvalue weighted by atomic mass is 10.2. The Hall–Kier alpha value is -1.01. The average Bonchev–Trinajstić information content (AvgIpc) is 2.36. The molecule has 18 heavy (non-hydrogen) atoms. The van der Waals surface area contributed by atoms with Crippen LogP contribution in [-0.4, -0.2) is 41.3 Å². The molecule has 2 heterocycles. The van der Waals surface area contributed by atoms with Gasteiger partial charge in [0.2, 0.25) is 5.91 Å². The van der Waals surface area contributed by atoms with Gasteiger partial charge in [0.15, 0.2) is 5.16 Å². The SMILES string of the molecule is CSc1nc(Cl)c(C)c(N2CCNC(=O)C2C)n1. The van der Waals surface area contributed by atoms with Crippen LogP contribution in [0.4, 0.5) is 5.82 Å². The van der Waals surface area contributed by atoms with Gasteiger partial charge in [0, 0.05) is 18.7 Å². The van der Waals surface area contributed by atoms with Gasteiger partial charge in [-0.05, 0) is 20.1 Å². The van der Waals surface area contributed by atoms with Crippen molar-refractivity contribution in [1.82, 2.24) is 15.3 Å². The highest BCUT2D eigenvalue weighted by molar-refractivity contribution is 7.98. The van der Waals surface area contributed by atoms with Gasteiger partial charge < -0.3 is 10.2 Å². The van der Waals surface area contributed by atoms with Crippen LogP contribution < -0.4 is 10.2 Å². The second-order valence-corrected chi connectivity index (χ2v) is 5.24. The number of aromatic nitrogens is 2. The molecule has 0 spiro atoms. The predicted octanol–water partition coefficient (Wildman–Crippen LogP) is 1.49. The van der Waals surface area contributed by atoms with Gasteiger partial charge in [-0.1, -0.05) is 23.4 Å². The summed E-state index contributed by atoms with van der Waals surface area (Å²) in [6.45, 7) is 5.09. The molecule has 1 aromatic heterocycles. The van der Waals surface area contributed by atoms with Crippen LogP contribution in [0.3, 0.4) is 0 Å². The van der Waals surface area contributed by atoms with Crippen LogP contribution in [0.1, 0.15) is 12.5 Å². The molecule has 7 heteroatoms. The molecule has 0 aliphatic carbocycles. The Kier molecular flexibility index (Phi) is 3.97. The van der Waals surface area contributed by atoms with Crippen molar-refractivity contribution in [3.05, 3.63) is 10.7 Å². The van der Waals surface area contributed by atoms with E-state index in [1.807, 2.05) is 25.0 Å². The van der Waals surface area contributed by atoms with Crippen LogP contribution in [0.25, 0.3) is 0 Å². The number of thioether (sulfide) groups is 1. The van der Waals surface area contributed by atoms with Crippen LogP contribution in [0, 0.1) is 6.92 Å². The van der Waals surface area contributed by atoms with Crippen molar-refractivity contribution in [3.8, 4) is 0 Å². The summed E-state index contributed by atoms with van der Waals surface area (Å²) in [4.78, 5) is 22.3. The topological polar surface area (TPSA) is 58.1 Å². The first-order valence-electron chi connectivity index (χ1n) is 5.67. The van der Waals surface area contributed by atoms with E-state index in [-0.39, 0.29) is 11.9 Å². The second kappa shape index (κ2) is 5.32. The number of piperazine rings is 1. The summed E-state index contributed by atoms with van der Waals surface area (Å²) in [5.74, 6) is 0.766. The van der Waals surface area contributed by atoms with E-state index in [9.17, 15) is 4.79 Å². The molecule has 98 valence electrons. The fourth-order valence-electron chi connectivity index (χ4n) is 1.90. The van der Waals surface area contributed by atoms with Crippen molar-refractivity contribution in [2.24, 2.45) is 0 Å². The quantitative estimate of drug-likeness (QED) is 0.507. The lowest BCUT2D eigenvalue weighted by Crippen LogP contribution is -2.54. The zero-order chi connectivity index (χ0) is 13.3. The molecule has 1 saturated heterocycles. The van der Waals surface area contributed by atoms with Gasteiger partial charge in [-0.3, -0.25) is 4.79 Å². The third-order valence-corrected chi connectivity index (χ3v) is 3.91. The Labute approximate surface area is 115 Å². The first-order valence-corrected chi connectivity index (χ1v) is 7.27. The Morgan fingerprint density at radius 3 is 2.89 bits per heavy atom. The van der Waals surface area contributed by atoms with Crippen molar-refractivity contribution < 1.29 is 4.79 Å². The molecule has 1 N–H and O–H groups in total. The summed E-state index contributed by atoms with van der Waals surface area (Å²) in [7, 11) is 0. The van der Waals surface area contributed by atoms with Crippen molar-refractivity contribution in [2.45, 2.75) is 25.0 Å². The lowest BCUT2D eigenvalue weighted by Gasteiger charge is -2.34. The zero-order valence-corrected chi connectivity index (χ0v) is 12.1. The Morgan fingerprint density at radius 1 is 1.50 bits per heavy atom. The molecule has 5 nitrogen and oxygen atoms in total. The van der Waals surface area contributed by atoms with Gasteiger partial charge >= 0.3 is 0 Å². The zero-order valence-electron chi connectivity index (χ0n) is 10.5. The fraction of sp³-hybridized carbons (Fsp3) is 0.545. The van der Waals surface area contributed by atoms with Crippen molar-refractivity contribution in [3.63, 3.8) is 0 Å². The van der Waals surface area contributed by atoms with Gasteiger partial charge in [0.25, 0.3) is 0 Å². The van der Waals surface area contributed by atoms with Gasteiger partial charge in [-0.15, -0.1) is 0 Å². The summed E-state index contributed by atoms with van der Waals surface area (Å²) in [6.07, 6.45) is 1.90. The Bertz CT molecular complexity index is 482. The maximum atomic E-state index is 11.7. The maximum Gasteiger partial charge on any atom is 0.242 e. The number of hydrogen-bond acceptors (Lipinski definition) is 5. The standard InChI is InChI=1S/C11H15ClN4OS/c1-6-8(12)14-11(18-3)15-9(6)16-5-4-13-10(17)7(16)2/h7H,4-5H2,1-3H3,(H,13,17). The Morgan fingerprint density at radius 2 is 2.22 bits per heavy atom. The fourth-order valence-corrected chi connectivity index (χ4v) is 2.48. The van der Waals surface area contributed by atoms with Crippen LogP contribution in [0.5, 0.6) is 0 Å². The number of anilines is 1. The van der Waals surface area contributed by atoms with Crippen LogP contribution >= 0.6 is 23.4 Å². The molecule has 1 amide bonds. The molecule has 1 aliphatic rings. The molecule has 0 saturated carbocycles. The van der Waals surface area contributed by atoms with Crippen LogP contribution in [-0.2, 0) is 4.79 Å². The van der Waals surface area contributed by atoms with E-state index in [4.69, 9.17) is 11.6 Å². The smallest absolute Gasteiger partial charge is 0.242 e. The van der Waals surface area contributed by atoms with E-state index in [2.05, 4.69) is 15.3 Å². The molecule has 1 aliphatic heterocycles. The molecule has 0 bridgehead atoms. The first-order chi connectivity index (χ1) is 8.54. The normalized spacial score (nSPS) is 19.9. The van der Waals surface area contributed by atoms with E-state index in [1.54, 1.807) is 0 Å². The molecule has 1 fully saturated rings. The number of carbonyl (C=O) groups excluding carboxylic acids is 1. The molecule has 0 radical (unpaired) electrons. The van der Waals surface area contributed by atoms with Crippen molar-refractivity contribution in [2.75, 3.05) is 24.2 Å². The summed E-state index contributed by atoms with van der Waals surface area (Å²) in [6, 6.07) is -0.238. The minimum Gasteiger partial charge on any atom is -0.353 e. The highest BCUT2D eigenvalue weighted by atomic mass is 35.5. The van der Waals surface area contributed by atoms with E-state index >= 15 is 0 Å². The summed E-state index contributed by atoms with van der Waals surface area (Å²) >= 11 is 7.55. The van der Waals surface area contributed by atoms with E-state index in [1.165, 1.54) is 11.8 Å². The van der Waals surface area contributed by atoms with E-state index in [0.717, 1.165) is 17.9 Å². The van der Waals surface area contributed by atoms with Crippen molar-refractivity contribution in [1.29, 1.82) is 0 Å². The number of amides is 1. The number of nitrogens with one attached hydrogen (secondary N) is 1. The highest BCUT2D eigenvalue weighted by Gasteiger charge is 2.28. The van der Waals surface area contributed by atoms with Crippen molar-refractivity contribution >= 4 is 35.1 Å². The number of halogens is 1. The summed E-state index contributed by atoms with van der Waals surface area (Å²) in [5.41, 5.74) is 0.816. The third kappa shape index (κ3) is 2.40. The average molecular weight is 287 g/mol. The molecule has 2 rings (SSSR count). The molecular weight excluding hydrogens is 272 g/mol. The van der Waals surface area contributed by atoms with Crippen LogP contribution in [0.15, 0.2) is 5.16 Å². The molecule has 1 atom stereocenters. The molecule has 1 unspecified atom stereocenters. The van der Waals surface area contributed by atoms with E-state index < -0.39 is 0 Å². The van der Waals surface area contributed by atoms with E-state index in [0.29, 0.717) is 16.9 Å². The number of nitrogens with zero attached hydrogens (tertiary/aromatic N) is 3. The first kappa shape index (κ1) is 13.4. The number of hydrogen-bond donors (Lipinski definition) is 1. The number of carbonyl (C=O) groups is 1. The van der Waals surface area contributed by atoms with Crippen LogP contribution in [0.2, 0.25) is 5.15 Å². The third-order valence-electron chi connectivity index (χ3n) is 2.99. The minimum absolute atomic E-state index is 0.0149. The monoisotopic (exact) mass is 286 g/mol. The van der Waals surface area contributed by atoms with Gasteiger partial charge in [0.1, 0.15) is 17.0 Å². The molecule has 0 aromatic carbocycles. The second-order valence-electron chi connectivity index (χ2n) is 4.11. The largest absolute Gasteiger partial charge is 0.353 e. The predicted molar refractivity (Wildman–Crippen MR) is 73.4 cm³/mol. The summed E-state index contributed by atoms with van der Waals surface area (Å²) < 4.78 is 0. The highest BCUT2D eigenvalue weighted by Crippen LogP contribution is 2.27. The molecular formula is C11H15ClN4OS. The lowest BCUT2D eigenvalue weighted by molar-refractivity contribution is -0.122. The summed E-state index contributed by atoms with van der Waals surface area (Å²) in [5, 5.41) is 3.90. The maximum absolute atomic E-state index is 11.7. The molecule has 1 aromatic rings. The minimum atomic E-state index is -0.238.